The van der Waals surface area contributed by atoms with E-state index in [-0.39, 0.29) is 5.91 Å². The van der Waals surface area contributed by atoms with E-state index in [0.717, 1.165) is 18.6 Å². The van der Waals surface area contributed by atoms with E-state index >= 15 is 0 Å². The fraction of sp³-hybridized carbons (Fsp3) is 0.250. The molecule has 0 saturated heterocycles. The van der Waals surface area contributed by atoms with Crippen LogP contribution in [0, 0.1) is 0 Å². The maximum atomic E-state index is 11.9. The Morgan fingerprint density at radius 1 is 1.04 bits per heavy atom. The van der Waals surface area contributed by atoms with Gasteiger partial charge in [-0.1, -0.05) is 36.4 Å². The van der Waals surface area contributed by atoms with Crippen LogP contribution in [0.1, 0.15) is 18.4 Å². The summed E-state index contributed by atoms with van der Waals surface area (Å²) >= 11 is 1.76. The molecular weight excluding hydrogens is 318 g/mol. The minimum absolute atomic E-state index is 0.0891. The Balaban J connectivity index is 1.34. The molecule has 0 unspecified atom stereocenters. The third-order valence-corrected chi connectivity index (χ3v) is 4.85. The van der Waals surface area contributed by atoms with Gasteiger partial charge in [0.1, 0.15) is 5.75 Å². The number of carbonyl (C=O) groups excluding carboxylic acids is 1. The minimum Gasteiger partial charge on any atom is -0.494 e. The summed E-state index contributed by atoms with van der Waals surface area (Å²) in [5, 5.41) is 6.48. The van der Waals surface area contributed by atoms with Crippen molar-refractivity contribution in [1.82, 2.24) is 5.32 Å². The molecule has 0 radical (unpaired) electrons. The number of para-hydroxylation sites is 1. The van der Waals surface area contributed by atoms with Crippen LogP contribution in [0.25, 0.3) is 10.1 Å². The molecular formula is C20H21NO2S. The summed E-state index contributed by atoms with van der Waals surface area (Å²) in [4.78, 5) is 11.9. The van der Waals surface area contributed by atoms with E-state index in [2.05, 4.69) is 35.0 Å². The summed E-state index contributed by atoms with van der Waals surface area (Å²) in [6.07, 6.45) is 2.09. The van der Waals surface area contributed by atoms with E-state index in [1.165, 1.54) is 15.6 Å². The molecule has 0 atom stereocenters. The molecule has 0 spiro atoms. The second-order valence-electron chi connectivity index (χ2n) is 5.62. The van der Waals surface area contributed by atoms with Crippen LogP contribution in [-0.2, 0) is 11.2 Å². The van der Waals surface area contributed by atoms with Gasteiger partial charge < -0.3 is 10.1 Å². The molecule has 0 aliphatic heterocycles. The number of benzene rings is 2. The fourth-order valence-corrected chi connectivity index (χ4v) is 3.59. The zero-order valence-corrected chi connectivity index (χ0v) is 14.4. The number of nitrogens with one attached hydrogen (secondary N) is 1. The summed E-state index contributed by atoms with van der Waals surface area (Å²) in [5.74, 6) is 0.938. The molecule has 3 rings (SSSR count). The zero-order valence-electron chi connectivity index (χ0n) is 13.5. The molecule has 0 aliphatic carbocycles. The molecule has 1 N–H and O–H groups in total. The highest BCUT2D eigenvalue weighted by Crippen LogP contribution is 2.25. The fourth-order valence-electron chi connectivity index (χ4n) is 2.59. The molecule has 1 aromatic heterocycles. The van der Waals surface area contributed by atoms with Gasteiger partial charge in [0.25, 0.3) is 0 Å². The van der Waals surface area contributed by atoms with E-state index < -0.39 is 0 Å². The van der Waals surface area contributed by atoms with E-state index in [1.54, 1.807) is 11.3 Å². The van der Waals surface area contributed by atoms with Gasteiger partial charge in [-0.05, 0) is 47.4 Å². The number of amides is 1. The predicted octanol–water partition coefficient (Wildman–Crippen LogP) is 4.42. The second-order valence-corrected chi connectivity index (χ2v) is 6.53. The maximum absolute atomic E-state index is 11.9. The SMILES string of the molecule is O=C(CCCOc1ccccc1)NCCc1csc2ccccc12. The summed E-state index contributed by atoms with van der Waals surface area (Å²) in [6.45, 7) is 1.24. The van der Waals surface area contributed by atoms with Crippen LogP contribution in [0.2, 0.25) is 0 Å². The molecule has 0 bridgehead atoms. The molecule has 3 aromatic rings. The quantitative estimate of drug-likeness (QED) is 0.617. The van der Waals surface area contributed by atoms with Gasteiger partial charge in [0.15, 0.2) is 0 Å². The Morgan fingerprint density at radius 3 is 2.71 bits per heavy atom. The lowest BCUT2D eigenvalue weighted by Crippen LogP contribution is -2.25. The van der Waals surface area contributed by atoms with Crippen LogP contribution in [-0.4, -0.2) is 19.1 Å². The van der Waals surface area contributed by atoms with Gasteiger partial charge in [0.2, 0.25) is 5.91 Å². The van der Waals surface area contributed by atoms with Crippen LogP contribution < -0.4 is 10.1 Å². The van der Waals surface area contributed by atoms with Crippen LogP contribution in [0.15, 0.2) is 60.0 Å². The van der Waals surface area contributed by atoms with E-state index in [0.29, 0.717) is 19.6 Å². The third-order valence-electron chi connectivity index (χ3n) is 3.84. The number of fused-ring (bicyclic) bond motifs is 1. The molecule has 4 heteroatoms. The first kappa shape index (κ1) is 16.5. The highest BCUT2D eigenvalue weighted by atomic mass is 32.1. The molecule has 24 heavy (non-hydrogen) atoms. The number of hydrogen-bond donors (Lipinski definition) is 1. The van der Waals surface area contributed by atoms with Gasteiger partial charge in [-0.3, -0.25) is 4.79 Å². The van der Waals surface area contributed by atoms with Crippen molar-refractivity contribution in [3.05, 3.63) is 65.5 Å². The monoisotopic (exact) mass is 339 g/mol. The molecule has 1 heterocycles. The van der Waals surface area contributed by atoms with Gasteiger partial charge in [-0.25, -0.2) is 0 Å². The Hall–Kier alpha value is -2.33. The first-order chi connectivity index (χ1) is 11.8. The highest BCUT2D eigenvalue weighted by molar-refractivity contribution is 7.17. The largest absolute Gasteiger partial charge is 0.494 e. The van der Waals surface area contributed by atoms with E-state index in [9.17, 15) is 4.79 Å². The summed E-state index contributed by atoms with van der Waals surface area (Å²) in [5.41, 5.74) is 1.31. The number of rotatable bonds is 8. The van der Waals surface area contributed by atoms with Crippen molar-refractivity contribution in [2.24, 2.45) is 0 Å². The average molecular weight is 339 g/mol. The summed E-state index contributed by atoms with van der Waals surface area (Å²) < 4.78 is 6.89. The van der Waals surface area contributed by atoms with Crippen molar-refractivity contribution in [3.8, 4) is 5.75 Å². The molecule has 3 nitrogen and oxygen atoms in total. The van der Waals surface area contributed by atoms with Gasteiger partial charge in [-0.15, -0.1) is 11.3 Å². The van der Waals surface area contributed by atoms with Gasteiger partial charge >= 0.3 is 0 Å². The number of ether oxygens (including phenoxy) is 1. The highest BCUT2D eigenvalue weighted by Gasteiger charge is 2.05. The van der Waals surface area contributed by atoms with Crippen LogP contribution in [0.3, 0.4) is 0 Å². The lowest BCUT2D eigenvalue weighted by atomic mass is 10.1. The molecule has 124 valence electrons. The molecule has 0 aliphatic rings. The zero-order chi connectivity index (χ0) is 16.6. The minimum atomic E-state index is 0.0891. The Morgan fingerprint density at radius 2 is 1.83 bits per heavy atom. The Bertz CT molecular complexity index is 782. The number of thiophene rings is 1. The van der Waals surface area contributed by atoms with E-state index in [4.69, 9.17) is 4.74 Å². The average Bonchev–Trinajstić information content (AvgIpc) is 3.03. The molecule has 1 amide bonds. The van der Waals surface area contributed by atoms with Crippen molar-refractivity contribution >= 4 is 27.3 Å². The lowest BCUT2D eigenvalue weighted by Gasteiger charge is -2.07. The summed E-state index contributed by atoms with van der Waals surface area (Å²) in [6, 6.07) is 18.1. The van der Waals surface area contributed by atoms with Crippen molar-refractivity contribution in [3.63, 3.8) is 0 Å². The van der Waals surface area contributed by atoms with Gasteiger partial charge in [0.05, 0.1) is 6.61 Å². The van der Waals surface area contributed by atoms with Crippen molar-refractivity contribution in [2.45, 2.75) is 19.3 Å². The smallest absolute Gasteiger partial charge is 0.220 e. The van der Waals surface area contributed by atoms with E-state index in [1.807, 2.05) is 30.3 Å². The topological polar surface area (TPSA) is 38.3 Å². The number of hydrogen-bond acceptors (Lipinski definition) is 3. The maximum Gasteiger partial charge on any atom is 0.220 e. The first-order valence-corrected chi connectivity index (χ1v) is 9.10. The second kappa shape index (κ2) is 8.50. The lowest BCUT2D eigenvalue weighted by molar-refractivity contribution is -0.121. The van der Waals surface area contributed by atoms with Crippen molar-refractivity contribution in [1.29, 1.82) is 0 Å². The Labute approximate surface area is 146 Å². The predicted molar refractivity (Wildman–Crippen MR) is 99.7 cm³/mol. The van der Waals surface area contributed by atoms with Crippen LogP contribution in [0.4, 0.5) is 0 Å². The van der Waals surface area contributed by atoms with Gasteiger partial charge in [-0.2, -0.15) is 0 Å². The molecule has 2 aromatic carbocycles. The third kappa shape index (κ3) is 4.59. The van der Waals surface area contributed by atoms with Gasteiger partial charge in [0, 0.05) is 17.7 Å². The number of carbonyl (C=O) groups is 1. The van der Waals surface area contributed by atoms with Crippen molar-refractivity contribution < 1.29 is 9.53 Å². The standard InChI is InChI=1S/C20H21NO2S/c22-20(11-6-14-23-17-7-2-1-3-8-17)21-13-12-16-15-24-19-10-5-4-9-18(16)19/h1-5,7-10,15H,6,11-14H2,(H,21,22). The Kier molecular flexibility index (Phi) is 5.85. The molecule has 0 saturated carbocycles. The van der Waals surface area contributed by atoms with Crippen LogP contribution >= 0.6 is 11.3 Å². The normalized spacial score (nSPS) is 10.7. The van der Waals surface area contributed by atoms with Crippen molar-refractivity contribution in [2.75, 3.05) is 13.2 Å². The van der Waals surface area contributed by atoms with Crippen LogP contribution in [0.5, 0.6) is 5.75 Å². The first-order valence-electron chi connectivity index (χ1n) is 8.22. The molecule has 0 fully saturated rings. The summed E-state index contributed by atoms with van der Waals surface area (Å²) in [7, 11) is 0.